The van der Waals surface area contributed by atoms with Gasteiger partial charge in [0.05, 0.1) is 12.8 Å². The van der Waals surface area contributed by atoms with Gasteiger partial charge in [0.15, 0.2) is 0 Å². The minimum absolute atomic E-state index is 0.294. The van der Waals surface area contributed by atoms with E-state index in [0.29, 0.717) is 17.1 Å². The van der Waals surface area contributed by atoms with Crippen molar-refractivity contribution in [1.29, 1.82) is 0 Å². The molecule has 5 nitrogen and oxygen atoms in total. The number of aromatic nitrogens is 3. The summed E-state index contributed by atoms with van der Waals surface area (Å²) in [5.74, 6) is -0.448. The maximum absolute atomic E-state index is 11.8. The van der Waals surface area contributed by atoms with Crippen LogP contribution >= 0.6 is 11.6 Å². The van der Waals surface area contributed by atoms with Crippen molar-refractivity contribution >= 4 is 28.5 Å². The highest BCUT2D eigenvalue weighted by molar-refractivity contribution is 6.32. The smallest absolute Gasteiger partial charge is 0.356 e. The number of methoxy groups -OCH3 is 1. The van der Waals surface area contributed by atoms with Gasteiger partial charge in [-0.1, -0.05) is 17.7 Å². The minimum atomic E-state index is -0.448. The van der Waals surface area contributed by atoms with Crippen LogP contribution in [-0.4, -0.2) is 28.0 Å². The molecular weight excluding hydrogens is 374 g/mol. The van der Waals surface area contributed by atoms with Crippen LogP contribution in [0.3, 0.4) is 0 Å². The highest BCUT2D eigenvalue weighted by Crippen LogP contribution is 2.34. The molecule has 0 aliphatic heterocycles. The Balaban J connectivity index is 1.87. The highest BCUT2D eigenvalue weighted by atomic mass is 35.5. The fraction of sp³-hybridized carbons (Fsp3) is 0.136. The maximum atomic E-state index is 11.8. The Morgan fingerprint density at radius 3 is 2.82 bits per heavy atom. The maximum Gasteiger partial charge on any atom is 0.356 e. The molecule has 6 heteroatoms. The molecule has 0 fully saturated rings. The molecule has 1 aromatic carbocycles. The summed E-state index contributed by atoms with van der Waals surface area (Å²) in [6.07, 6.45) is 4.12. The van der Waals surface area contributed by atoms with E-state index in [1.54, 1.807) is 12.3 Å². The summed E-state index contributed by atoms with van der Waals surface area (Å²) in [6.45, 7) is 1.98. The number of nitrogens with one attached hydrogen (secondary N) is 1. The van der Waals surface area contributed by atoms with Crippen LogP contribution in [0.15, 0.2) is 54.9 Å². The van der Waals surface area contributed by atoms with Crippen LogP contribution in [0.1, 0.15) is 27.3 Å². The Labute approximate surface area is 167 Å². The number of hydrogen-bond acceptors (Lipinski definition) is 4. The lowest BCUT2D eigenvalue weighted by atomic mass is 10.0. The van der Waals surface area contributed by atoms with Gasteiger partial charge in [-0.2, -0.15) is 0 Å². The van der Waals surface area contributed by atoms with Gasteiger partial charge >= 0.3 is 5.97 Å². The summed E-state index contributed by atoms with van der Waals surface area (Å²) in [4.78, 5) is 24.0. The lowest BCUT2D eigenvalue weighted by Gasteiger charge is -2.07. The van der Waals surface area contributed by atoms with E-state index >= 15 is 0 Å². The van der Waals surface area contributed by atoms with Crippen LogP contribution in [0.4, 0.5) is 0 Å². The Hall–Kier alpha value is -3.18. The quantitative estimate of drug-likeness (QED) is 0.499. The molecule has 140 valence electrons. The van der Waals surface area contributed by atoms with Crippen molar-refractivity contribution in [2.45, 2.75) is 13.3 Å². The van der Waals surface area contributed by atoms with Crippen LogP contribution in [0.25, 0.3) is 22.2 Å². The molecule has 3 heterocycles. The topological polar surface area (TPSA) is 67.9 Å². The molecule has 0 spiro atoms. The zero-order valence-corrected chi connectivity index (χ0v) is 16.2. The average Bonchev–Trinajstić information content (AvgIpc) is 3.06. The van der Waals surface area contributed by atoms with Crippen molar-refractivity contribution in [1.82, 2.24) is 15.0 Å². The molecule has 28 heavy (non-hydrogen) atoms. The number of H-pyrrole nitrogens is 1. The number of benzene rings is 1. The van der Waals surface area contributed by atoms with Crippen molar-refractivity contribution < 1.29 is 9.53 Å². The highest BCUT2D eigenvalue weighted by Gasteiger charge is 2.17. The summed E-state index contributed by atoms with van der Waals surface area (Å²) in [5.41, 5.74) is 6.06. The predicted molar refractivity (Wildman–Crippen MR) is 110 cm³/mol. The van der Waals surface area contributed by atoms with Gasteiger partial charge in [-0.3, -0.25) is 4.98 Å². The van der Waals surface area contributed by atoms with Crippen molar-refractivity contribution in [3.63, 3.8) is 0 Å². The lowest BCUT2D eigenvalue weighted by molar-refractivity contribution is 0.0593. The summed E-state index contributed by atoms with van der Waals surface area (Å²) >= 11 is 6.33. The second-order valence-electron chi connectivity index (χ2n) is 6.55. The molecule has 1 N–H and O–H groups in total. The van der Waals surface area contributed by atoms with Gasteiger partial charge in [0, 0.05) is 46.0 Å². The lowest BCUT2D eigenvalue weighted by Crippen LogP contribution is -2.06. The first kappa shape index (κ1) is 18.2. The Kier molecular flexibility index (Phi) is 4.84. The second-order valence-corrected chi connectivity index (χ2v) is 6.96. The Morgan fingerprint density at radius 1 is 1.21 bits per heavy atom. The van der Waals surface area contributed by atoms with Gasteiger partial charge in [-0.15, -0.1) is 0 Å². The van der Waals surface area contributed by atoms with E-state index < -0.39 is 5.97 Å². The number of aryl methyl sites for hydroxylation is 1. The van der Waals surface area contributed by atoms with Crippen LogP contribution < -0.4 is 0 Å². The Morgan fingerprint density at radius 2 is 2.07 bits per heavy atom. The zero-order valence-electron chi connectivity index (χ0n) is 15.5. The van der Waals surface area contributed by atoms with Crippen LogP contribution in [0, 0.1) is 6.92 Å². The van der Waals surface area contributed by atoms with Crippen LogP contribution in [-0.2, 0) is 11.2 Å². The fourth-order valence-electron chi connectivity index (χ4n) is 3.30. The number of halogens is 1. The first-order chi connectivity index (χ1) is 13.6. The number of ether oxygens (including phenoxy) is 1. The van der Waals surface area contributed by atoms with Crippen molar-refractivity contribution in [3.05, 3.63) is 82.4 Å². The molecule has 0 amide bonds. The number of rotatable bonds is 4. The van der Waals surface area contributed by atoms with E-state index in [1.807, 2.05) is 43.5 Å². The van der Waals surface area contributed by atoms with Gasteiger partial charge in [0.25, 0.3) is 0 Å². The van der Waals surface area contributed by atoms with E-state index in [1.165, 1.54) is 7.11 Å². The normalized spacial score (nSPS) is 11.0. The van der Waals surface area contributed by atoms with E-state index in [2.05, 4.69) is 21.0 Å². The van der Waals surface area contributed by atoms with Gasteiger partial charge in [0.2, 0.25) is 0 Å². The molecule has 0 aliphatic carbocycles. The number of esters is 1. The van der Waals surface area contributed by atoms with Crippen molar-refractivity contribution in [2.75, 3.05) is 7.11 Å². The summed E-state index contributed by atoms with van der Waals surface area (Å²) in [6, 6.07) is 13.3. The van der Waals surface area contributed by atoms with Gasteiger partial charge in [0.1, 0.15) is 5.69 Å². The first-order valence-corrected chi connectivity index (χ1v) is 9.20. The molecule has 0 radical (unpaired) electrons. The average molecular weight is 392 g/mol. The number of nitrogens with zero attached hydrogens (tertiary/aromatic N) is 2. The van der Waals surface area contributed by atoms with E-state index in [-0.39, 0.29) is 0 Å². The third-order valence-corrected chi connectivity index (χ3v) is 5.10. The number of fused-ring (bicyclic) bond motifs is 1. The Bertz CT molecular complexity index is 1170. The molecule has 3 aromatic heterocycles. The largest absolute Gasteiger partial charge is 0.464 e. The van der Waals surface area contributed by atoms with Crippen molar-refractivity contribution in [3.8, 4) is 11.3 Å². The molecule has 4 aromatic rings. The van der Waals surface area contributed by atoms with Crippen LogP contribution in [0.2, 0.25) is 5.02 Å². The number of aromatic amines is 1. The zero-order chi connectivity index (χ0) is 19.7. The van der Waals surface area contributed by atoms with Crippen LogP contribution in [0.5, 0.6) is 0 Å². The van der Waals surface area contributed by atoms with Crippen molar-refractivity contribution in [2.24, 2.45) is 0 Å². The molecule has 0 atom stereocenters. The van der Waals surface area contributed by atoms with E-state index in [4.69, 9.17) is 16.3 Å². The molecule has 0 saturated carbocycles. The summed E-state index contributed by atoms with van der Waals surface area (Å²) in [7, 11) is 1.35. The predicted octanol–water partition coefficient (Wildman–Crippen LogP) is 4.96. The molecular formula is C22H18ClN3O2. The van der Waals surface area contributed by atoms with Gasteiger partial charge in [-0.05, 0) is 54.4 Å². The minimum Gasteiger partial charge on any atom is -0.464 e. The first-order valence-electron chi connectivity index (χ1n) is 8.82. The van der Waals surface area contributed by atoms with E-state index in [0.717, 1.165) is 39.0 Å². The fourth-order valence-corrected chi connectivity index (χ4v) is 3.46. The number of carbonyl (C=O) groups excluding carboxylic acids is 1. The third-order valence-electron chi connectivity index (χ3n) is 4.69. The number of hydrogen-bond donors (Lipinski definition) is 1. The summed E-state index contributed by atoms with van der Waals surface area (Å²) in [5, 5.41) is 1.79. The molecule has 0 aliphatic rings. The SMILES string of the molecule is COC(=O)c1cccc(Cc2c(-c3cccnc3)[nH]c3cc(Cl)c(C)cc23)n1. The monoisotopic (exact) mass is 391 g/mol. The second kappa shape index (κ2) is 7.44. The number of carbonyl (C=O) groups is 1. The van der Waals surface area contributed by atoms with Gasteiger partial charge in [-0.25, -0.2) is 9.78 Å². The molecule has 0 saturated heterocycles. The molecule has 4 rings (SSSR count). The third kappa shape index (κ3) is 3.37. The van der Waals surface area contributed by atoms with Gasteiger partial charge < -0.3 is 9.72 Å². The van der Waals surface area contributed by atoms with E-state index in [9.17, 15) is 4.79 Å². The number of pyridine rings is 2. The molecule has 0 unspecified atom stereocenters. The molecule has 0 bridgehead atoms. The summed E-state index contributed by atoms with van der Waals surface area (Å²) < 4.78 is 4.79. The standard InChI is InChI=1S/C22H18ClN3O2/c1-13-9-16-17(10-15-6-3-7-19(25-15)22(27)28-2)21(14-5-4-8-24-12-14)26-20(16)11-18(13)23/h3-9,11-12,26H,10H2,1-2H3.